The predicted octanol–water partition coefficient (Wildman–Crippen LogP) is 6.20. The number of hydrogen-bond donors (Lipinski definition) is 0. The third kappa shape index (κ3) is 6.77. The molecule has 0 atom stereocenters. The molecule has 0 N–H and O–H groups in total. The maximum Gasteiger partial charge on any atom is 0.123 e. The van der Waals surface area contributed by atoms with Crippen LogP contribution in [0.3, 0.4) is 0 Å². The summed E-state index contributed by atoms with van der Waals surface area (Å²) in [5, 5.41) is 0. The molecule has 0 aromatic heterocycles. The van der Waals surface area contributed by atoms with Crippen LogP contribution in [-0.4, -0.2) is 13.7 Å². The smallest absolute Gasteiger partial charge is 0.123 e. The molecule has 0 saturated heterocycles. The highest BCUT2D eigenvalue weighted by Gasteiger charge is 2.08. The van der Waals surface area contributed by atoms with Crippen LogP contribution in [0.15, 0.2) is 48.5 Å². The maximum atomic E-state index is 13.2. The van der Waals surface area contributed by atoms with Crippen LogP contribution < -0.4 is 9.64 Å². The first kappa shape index (κ1) is 19.3. The minimum atomic E-state index is -0.185. The van der Waals surface area contributed by atoms with Crippen molar-refractivity contribution in [3.63, 3.8) is 0 Å². The summed E-state index contributed by atoms with van der Waals surface area (Å²) in [6.07, 6.45) is 7.69. The molecule has 2 nitrogen and oxygen atoms in total. The molecule has 25 heavy (non-hydrogen) atoms. The van der Waals surface area contributed by atoms with Crippen molar-refractivity contribution in [3.8, 4) is 5.75 Å². The molecule has 0 saturated carbocycles. The van der Waals surface area contributed by atoms with Gasteiger partial charge in [-0.3, -0.25) is 0 Å². The highest BCUT2D eigenvalue weighted by atomic mass is 19.1. The standard InChI is InChI=1S/C22H30FNO/c1-3-4-5-6-7-8-17-24(18-19-9-11-20(23)12-10-19)21-13-15-22(25-2)16-14-21/h9-16H,3-8,17-18H2,1-2H3. The lowest BCUT2D eigenvalue weighted by molar-refractivity contribution is 0.415. The fourth-order valence-electron chi connectivity index (χ4n) is 2.99. The summed E-state index contributed by atoms with van der Waals surface area (Å²) < 4.78 is 18.4. The van der Waals surface area contributed by atoms with Gasteiger partial charge in [0.1, 0.15) is 11.6 Å². The van der Waals surface area contributed by atoms with Gasteiger partial charge < -0.3 is 9.64 Å². The Bertz CT molecular complexity index is 594. The SMILES string of the molecule is CCCCCCCCN(Cc1ccc(F)cc1)c1ccc(OC)cc1. The zero-order valence-corrected chi connectivity index (χ0v) is 15.5. The van der Waals surface area contributed by atoms with Gasteiger partial charge >= 0.3 is 0 Å². The van der Waals surface area contributed by atoms with E-state index in [1.54, 1.807) is 7.11 Å². The number of unbranched alkanes of at least 4 members (excludes halogenated alkanes) is 5. The molecule has 0 heterocycles. The summed E-state index contributed by atoms with van der Waals surface area (Å²) in [6.45, 7) is 4.05. The number of ether oxygens (including phenoxy) is 1. The molecule has 0 aliphatic rings. The van der Waals surface area contributed by atoms with E-state index in [2.05, 4.69) is 24.0 Å². The van der Waals surface area contributed by atoms with Crippen molar-refractivity contribution in [1.82, 2.24) is 0 Å². The van der Waals surface area contributed by atoms with Crippen LogP contribution in [-0.2, 0) is 6.54 Å². The normalized spacial score (nSPS) is 10.7. The zero-order chi connectivity index (χ0) is 17.9. The largest absolute Gasteiger partial charge is 0.497 e. The molecule has 0 radical (unpaired) electrons. The summed E-state index contributed by atoms with van der Waals surface area (Å²) in [6, 6.07) is 15.0. The Morgan fingerprint density at radius 3 is 2.12 bits per heavy atom. The highest BCUT2D eigenvalue weighted by Crippen LogP contribution is 2.22. The van der Waals surface area contributed by atoms with E-state index in [1.165, 1.54) is 56.3 Å². The molecule has 0 spiro atoms. The van der Waals surface area contributed by atoms with E-state index in [0.29, 0.717) is 0 Å². The first-order valence-electron chi connectivity index (χ1n) is 9.36. The molecular weight excluding hydrogens is 313 g/mol. The maximum absolute atomic E-state index is 13.2. The predicted molar refractivity (Wildman–Crippen MR) is 104 cm³/mol. The van der Waals surface area contributed by atoms with Gasteiger partial charge in [-0.2, -0.15) is 0 Å². The molecule has 2 rings (SSSR count). The first-order valence-corrected chi connectivity index (χ1v) is 9.36. The molecule has 0 bridgehead atoms. The first-order chi connectivity index (χ1) is 12.2. The second-order valence-corrected chi connectivity index (χ2v) is 6.51. The molecule has 0 aliphatic carbocycles. The number of halogens is 1. The second kappa shape index (κ2) is 10.8. The average Bonchev–Trinajstić information content (AvgIpc) is 2.65. The Morgan fingerprint density at radius 1 is 0.840 bits per heavy atom. The number of rotatable bonds is 11. The molecule has 2 aromatic carbocycles. The topological polar surface area (TPSA) is 12.5 Å². The van der Waals surface area contributed by atoms with Gasteiger partial charge in [0.15, 0.2) is 0 Å². The van der Waals surface area contributed by atoms with Gasteiger partial charge in [0, 0.05) is 18.8 Å². The lowest BCUT2D eigenvalue weighted by Crippen LogP contribution is -2.23. The van der Waals surface area contributed by atoms with E-state index >= 15 is 0 Å². The van der Waals surface area contributed by atoms with Crippen molar-refractivity contribution in [2.75, 3.05) is 18.6 Å². The van der Waals surface area contributed by atoms with Gasteiger partial charge in [-0.25, -0.2) is 4.39 Å². The number of nitrogens with zero attached hydrogens (tertiary/aromatic N) is 1. The summed E-state index contributed by atoms with van der Waals surface area (Å²) in [5.74, 6) is 0.681. The minimum absolute atomic E-state index is 0.185. The van der Waals surface area contributed by atoms with E-state index in [-0.39, 0.29) is 5.82 Å². The molecular formula is C22H30FNO. The lowest BCUT2D eigenvalue weighted by atomic mass is 10.1. The van der Waals surface area contributed by atoms with Gasteiger partial charge in [0.05, 0.1) is 7.11 Å². The zero-order valence-electron chi connectivity index (χ0n) is 15.5. The average molecular weight is 343 g/mol. The summed E-state index contributed by atoms with van der Waals surface area (Å²) in [4.78, 5) is 2.37. The van der Waals surface area contributed by atoms with Crippen LogP contribution in [0.25, 0.3) is 0 Å². The van der Waals surface area contributed by atoms with Crippen molar-refractivity contribution in [3.05, 3.63) is 59.9 Å². The van der Waals surface area contributed by atoms with E-state index in [1.807, 2.05) is 24.3 Å². The Balaban J connectivity index is 1.98. The van der Waals surface area contributed by atoms with Crippen molar-refractivity contribution in [2.24, 2.45) is 0 Å². The number of benzene rings is 2. The van der Waals surface area contributed by atoms with Crippen LogP contribution in [0, 0.1) is 5.82 Å². The number of anilines is 1. The molecule has 0 fully saturated rings. The Kier molecular flexibility index (Phi) is 8.30. The highest BCUT2D eigenvalue weighted by molar-refractivity contribution is 5.49. The monoisotopic (exact) mass is 343 g/mol. The third-order valence-electron chi connectivity index (χ3n) is 4.51. The van der Waals surface area contributed by atoms with Crippen LogP contribution in [0.4, 0.5) is 10.1 Å². The summed E-state index contributed by atoms with van der Waals surface area (Å²) >= 11 is 0. The number of hydrogen-bond acceptors (Lipinski definition) is 2. The Morgan fingerprint density at radius 2 is 1.48 bits per heavy atom. The van der Waals surface area contributed by atoms with Gasteiger partial charge in [0.2, 0.25) is 0 Å². The van der Waals surface area contributed by atoms with E-state index in [0.717, 1.165) is 24.4 Å². The van der Waals surface area contributed by atoms with Crippen molar-refractivity contribution < 1.29 is 9.13 Å². The number of methoxy groups -OCH3 is 1. The summed E-state index contributed by atoms with van der Waals surface area (Å²) in [5.41, 5.74) is 2.31. The molecule has 2 aromatic rings. The third-order valence-corrected chi connectivity index (χ3v) is 4.51. The Labute approximate surface area is 151 Å². The molecule has 0 unspecified atom stereocenters. The molecule has 0 aliphatic heterocycles. The Hall–Kier alpha value is -2.03. The fourth-order valence-corrected chi connectivity index (χ4v) is 2.99. The van der Waals surface area contributed by atoms with Crippen LogP contribution in [0.2, 0.25) is 0 Å². The van der Waals surface area contributed by atoms with Crippen LogP contribution >= 0.6 is 0 Å². The van der Waals surface area contributed by atoms with Crippen LogP contribution in [0.5, 0.6) is 5.75 Å². The van der Waals surface area contributed by atoms with Gasteiger partial charge in [0.25, 0.3) is 0 Å². The molecule has 3 heteroatoms. The van der Waals surface area contributed by atoms with Crippen molar-refractivity contribution in [2.45, 2.75) is 52.0 Å². The van der Waals surface area contributed by atoms with Gasteiger partial charge in [-0.05, 0) is 48.4 Å². The quantitative estimate of drug-likeness (QED) is 0.450. The van der Waals surface area contributed by atoms with E-state index in [9.17, 15) is 4.39 Å². The van der Waals surface area contributed by atoms with E-state index in [4.69, 9.17) is 4.74 Å². The second-order valence-electron chi connectivity index (χ2n) is 6.51. The summed E-state index contributed by atoms with van der Waals surface area (Å²) in [7, 11) is 1.68. The van der Waals surface area contributed by atoms with E-state index < -0.39 is 0 Å². The lowest BCUT2D eigenvalue weighted by Gasteiger charge is -2.25. The van der Waals surface area contributed by atoms with Gasteiger partial charge in [-0.1, -0.05) is 51.2 Å². The van der Waals surface area contributed by atoms with Crippen LogP contribution in [0.1, 0.15) is 51.0 Å². The molecule has 0 amide bonds. The van der Waals surface area contributed by atoms with Crippen molar-refractivity contribution in [1.29, 1.82) is 0 Å². The fraction of sp³-hybridized carbons (Fsp3) is 0.455. The molecule has 136 valence electrons. The van der Waals surface area contributed by atoms with Crippen molar-refractivity contribution >= 4 is 5.69 Å². The van der Waals surface area contributed by atoms with Gasteiger partial charge in [-0.15, -0.1) is 0 Å². The minimum Gasteiger partial charge on any atom is -0.497 e.